The molecule has 0 heterocycles. The van der Waals surface area contributed by atoms with Crippen LogP contribution in [0.15, 0.2) is 54.6 Å². The van der Waals surface area contributed by atoms with E-state index >= 15 is 0 Å². The van der Waals surface area contributed by atoms with E-state index in [1.165, 1.54) is 45.7 Å². The second kappa shape index (κ2) is 6.14. The minimum Gasteiger partial charge on any atom is -0.0837 e. The molecule has 0 N–H and O–H groups in total. The summed E-state index contributed by atoms with van der Waals surface area (Å²) < 4.78 is 0. The zero-order chi connectivity index (χ0) is 17.7. The highest BCUT2D eigenvalue weighted by molar-refractivity contribution is 6.33. The lowest BCUT2D eigenvalue weighted by Gasteiger charge is -2.19. The number of halogens is 1. The van der Waals surface area contributed by atoms with Crippen LogP contribution in [0.3, 0.4) is 0 Å². The smallest absolute Gasteiger partial charge is 0.0484 e. The van der Waals surface area contributed by atoms with Gasteiger partial charge in [-0.1, -0.05) is 65.7 Å². The first-order chi connectivity index (χ1) is 12.7. The molecular weight excluding hydrogens is 336 g/mol. The zero-order valence-corrected chi connectivity index (χ0v) is 15.7. The SMILES string of the molecule is CC1=c2ccc3c(c2CCC1)CC=c1cc(-c2ccccc2Cl)ccc1=3. The van der Waals surface area contributed by atoms with E-state index in [-0.39, 0.29) is 0 Å². The largest absolute Gasteiger partial charge is 0.0837 e. The molecule has 0 aliphatic heterocycles. The van der Waals surface area contributed by atoms with Gasteiger partial charge in [-0.15, -0.1) is 0 Å². The highest BCUT2D eigenvalue weighted by Gasteiger charge is 2.14. The van der Waals surface area contributed by atoms with E-state index in [0.29, 0.717) is 0 Å². The van der Waals surface area contributed by atoms with Gasteiger partial charge in [0.2, 0.25) is 0 Å². The number of fused-ring (bicyclic) bond motifs is 4. The van der Waals surface area contributed by atoms with Crippen LogP contribution in [0.2, 0.25) is 5.02 Å². The third-order valence-electron chi connectivity index (χ3n) is 5.92. The average molecular weight is 357 g/mol. The molecule has 3 aromatic rings. The summed E-state index contributed by atoms with van der Waals surface area (Å²) in [5, 5.41) is 6.41. The minimum atomic E-state index is 0.809. The van der Waals surface area contributed by atoms with Crippen LogP contribution in [0.5, 0.6) is 0 Å². The van der Waals surface area contributed by atoms with Gasteiger partial charge in [0.05, 0.1) is 0 Å². The van der Waals surface area contributed by atoms with Crippen molar-refractivity contribution in [2.75, 3.05) is 0 Å². The van der Waals surface area contributed by atoms with Crippen LogP contribution in [0.25, 0.3) is 22.8 Å². The summed E-state index contributed by atoms with van der Waals surface area (Å²) in [6.45, 7) is 2.29. The Balaban J connectivity index is 1.80. The highest BCUT2D eigenvalue weighted by Crippen LogP contribution is 2.27. The third kappa shape index (κ3) is 2.44. The van der Waals surface area contributed by atoms with Crippen LogP contribution in [-0.4, -0.2) is 0 Å². The Bertz CT molecular complexity index is 1250. The molecule has 26 heavy (non-hydrogen) atoms. The molecule has 1 heteroatoms. The van der Waals surface area contributed by atoms with E-state index in [1.807, 2.05) is 18.2 Å². The number of rotatable bonds is 1. The second-order valence-electron chi connectivity index (χ2n) is 7.44. The Morgan fingerprint density at radius 1 is 0.808 bits per heavy atom. The van der Waals surface area contributed by atoms with Gasteiger partial charge in [-0.05, 0) is 82.3 Å². The quantitative estimate of drug-likeness (QED) is 0.566. The minimum absolute atomic E-state index is 0.809. The van der Waals surface area contributed by atoms with Crippen molar-refractivity contribution in [2.24, 2.45) is 0 Å². The Morgan fingerprint density at radius 3 is 2.50 bits per heavy atom. The van der Waals surface area contributed by atoms with Gasteiger partial charge in [-0.25, -0.2) is 0 Å². The van der Waals surface area contributed by atoms with Gasteiger partial charge < -0.3 is 0 Å². The Kier molecular flexibility index (Phi) is 3.76. The number of hydrogen-bond acceptors (Lipinski definition) is 0. The van der Waals surface area contributed by atoms with Crippen molar-refractivity contribution in [3.63, 3.8) is 0 Å². The number of hydrogen-bond donors (Lipinski definition) is 0. The molecule has 3 aromatic carbocycles. The van der Waals surface area contributed by atoms with E-state index in [1.54, 1.807) is 16.7 Å². The molecule has 0 aromatic heterocycles. The van der Waals surface area contributed by atoms with E-state index in [9.17, 15) is 0 Å². The molecule has 0 unspecified atom stereocenters. The molecule has 0 radical (unpaired) electrons. The molecule has 0 nitrogen and oxygen atoms in total. The maximum Gasteiger partial charge on any atom is 0.0484 e. The normalized spacial score (nSPS) is 14.9. The van der Waals surface area contributed by atoms with Crippen LogP contribution in [0.4, 0.5) is 0 Å². The van der Waals surface area contributed by atoms with Gasteiger partial charge in [0.1, 0.15) is 0 Å². The molecule has 5 rings (SSSR count). The Hall–Kier alpha value is -2.31. The fourth-order valence-electron chi connectivity index (χ4n) is 4.58. The van der Waals surface area contributed by atoms with E-state index in [2.05, 4.69) is 49.4 Å². The van der Waals surface area contributed by atoms with Gasteiger partial charge in [-0.2, -0.15) is 0 Å². The molecule has 0 saturated carbocycles. The van der Waals surface area contributed by atoms with E-state index in [4.69, 9.17) is 11.6 Å². The lowest BCUT2D eigenvalue weighted by atomic mass is 9.86. The van der Waals surface area contributed by atoms with Crippen molar-refractivity contribution >= 4 is 23.3 Å². The van der Waals surface area contributed by atoms with Gasteiger partial charge in [-0.3, -0.25) is 0 Å². The van der Waals surface area contributed by atoms with Gasteiger partial charge in [0.25, 0.3) is 0 Å². The molecule has 128 valence electrons. The fourth-order valence-corrected chi connectivity index (χ4v) is 4.83. The number of benzene rings is 3. The first-order valence-electron chi connectivity index (χ1n) is 9.42. The topological polar surface area (TPSA) is 0 Å². The van der Waals surface area contributed by atoms with E-state index in [0.717, 1.165) is 17.0 Å². The summed E-state index contributed by atoms with van der Waals surface area (Å²) in [6.07, 6.45) is 7.17. The summed E-state index contributed by atoms with van der Waals surface area (Å²) in [7, 11) is 0. The monoisotopic (exact) mass is 356 g/mol. The molecule has 0 fully saturated rings. The first kappa shape index (κ1) is 15.9. The van der Waals surface area contributed by atoms with Crippen LogP contribution >= 0.6 is 11.6 Å². The predicted molar refractivity (Wildman–Crippen MR) is 110 cm³/mol. The predicted octanol–water partition coefficient (Wildman–Crippen LogP) is 5.14. The van der Waals surface area contributed by atoms with Crippen LogP contribution in [0, 0.1) is 10.4 Å². The molecular formula is C25H21Cl. The second-order valence-corrected chi connectivity index (χ2v) is 7.85. The first-order valence-corrected chi connectivity index (χ1v) is 9.80. The van der Waals surface area contributed by atoms with Crippen molar-refractivity contribution in [2.45, 2.75) is 32.6 Å². The van der Waals surface area contributed by atoms with Crippen molar-refractivity contribution in [1.82, 2.24) is 0 Å². The van der Waals surface area contributed by atoms with Crippen LogP contribution in [0.1, 0.15) is 30.9 Å². The fraction of sp³-hybridized carbons (Fsp3) is 0.200. The van der Waals surface area contributed by atoms with Crippen molar-refractivity contribution in [3.8, 4) is 11.1 Å². The van der Waals surface area contributed by atoms with Crippen LogP contribution in [-0.2, 0) is 12.8 Å². The maximum absolute atomic E-state index is 6.40. The lowest BCUT2D eigenvalue weighted by molar-refractivity contribution is 0.805. The molecule has 2 aliphatic carbocycles. The van der Waals surface area contributed by atoms with Gasteiger partial charge in [0.15, 0.2) is 0 Å². The summed E-state index contributed by atoms with van der Waals surface area (Å²) in [4.78, 5) is 0. The Morgan fingerprint density at radius 2 is 1.62 bits per heavy atom. The van der Waals surface area contributed by atoms with Gasteiger partial charge in [0, 0.05) is 10.6 Å². The summed E-state index contributed by atoms with van der Waals surface area (Å²) in [5.41, 5.74) is 6.97. The lowest BCUT2D eigenvalue weighted by Crippen LogP contribution is -2.21. The molecule has 0 spiro atoms. The van der Waals surface area contributed by atoms with Crippen molar-refractivity contribution in [3.05, 3.63) is 91.6 Å². The standard InChI is InChI=1S/C25H21Cl/c1-16-5-4-7-22-19(16)13-14-23-20-11-9-18(15-17(20)10-12-24(22)23)21-6-2-3-8-25(21)26/h2-3,6,8-11,13-15H,4-5,7,12H2,1H3. The zero-order valence-electron chi connectivity index (χ0n) is 15.0. The molecule has 0 bridgehead atoms. The van der Waals surface area contributed by atoms with Crippen molar-refractivity contribution in [1.29, 1.82) is 0 Å². The van der Waals surface area contributed by atoms with Gasteiger partial charge >= 0.3 is 0 Å². The molecule has 0 amide bonds. The maximum atomic E-state index is 6.40. The summed E-state index contributed by atoms with van der Waals surface area (Å²) >= 11 is 6.40. The van der Waals surface area contributed by atoms with E-state index < -0.39 is 0 Å². The molecule has 0 atom stereocenters. The van der Waals surface area contributed by atoms with Crippen LogP contribution < -0.4 is 10.4 Å². The highest BCUT2D eigenvalue weighted by atomic mass is 35.5. The molecule has 0 saturated heterocycles. The summed E-state index contributed by atoms with van der Waals surface area (Å²) in [5.74, 6) is 0. The third-order valence-corrected chi connectivity index (χ3v) is 6.25. The molecule has 2 aliphatic rings. The Labute approximate surface area is 158 Å². The average Bonchev–Trinajstić information content (AvgIpc) is 2.67. The van der Waals surface area contributed by atoms with Crippen molar-refractivity contribution < 1.29 is 0 Å². The summed E-state index contributed by atoms with van der Waals surface area (Å²) in [6, 6.07) is 19.5.